The van der Waals surface area contributed by atoms with E-state index in [0.29, 0.717) is 0 Å². The Kier molecular flexibility index (Phi) is 4.90. The molecule has 5 aromatic rings. The molecule has 0 amide bonds. The molecule has 0 aliphatic carbocycles. The first-order valence-electron chi connectivity index (χ1n) is 12.5. The van der Waals surface area contributed by atoms with Gasteiger partial charge < -0.3 is 9.80 Å². The molecule has 0 fully saturated rings. The van der Waals surface area contributed by atoms with Crippen molar-refractivity contribution in [2.75, 3.05) is 9.80 Å². The summed E-state index contributed by atoms with van der Waals surface area (Å²) in [5, 5.41) is 2.67. The van der Waals surface area contributed by atoms with E-state index >= 15 is 0 Å². The zero-order valence-electron chi connectivity index (χ0n) is 20.3. The highest BCUT2D eigenvalue weighted by Gasteiger charge is 2.44. The maximum absolute atomic E-state index is 2.48. The average Bonchev–Trinajstić information content (AvgIpc) is 3.31. The lowest BCUT2D eigenvalue weighted by Gasteiger charge is -2.43. The van der Waals surface area contributed by atoms with Crippen LogP contribution in [0.4, 0.5) is 27.8 Å². The predicted molar refractivity (Wildman–Crippen MR) is 158 cm³/mol. The van der Waals surface area contributed by atoms with Crippen molar-refractivity contribution in [3.05, 3.63) is 121 Å². The summed E-state index contributed by atoms with van der Waals surface area (Å²) in [7, 11) is 0. The van der Waals surface area contributed by atoms with E-state index in [1.54, 1.807) is 0 Å². The molecule has 172 valence electrons. The molecular weight excluding hydrogens is 455 g/mol. The van der Waals surface area contributed by atoms with Crippen molar-refractivity contribution in [2.24, 2.45) is 0 Å². The van der Waals surface area contributed by atoms with E-state index in [4.69, 9.17) is 0 Å². The maximum atomic E-state index is 2.48. The zero-order chi connectivity index (χ0) is 24.2. The van der Waals surface area contributed by atoms with Crippen molar-refractivity contribution < 1.29 is 0 Å². The summed E-state index contributed by atoms with van der Waals surface area (Å²) >= 11 is 1.90. The molecule has 4 aromatic carbocycles. The van der Waals surface area contributed by atoms with Gasteiger partial charge in [-0.1, -0.05) is 72.8 Å². The maximum Gasteiger partial charge on any atom is 0.254 e. The Bertz CT molecular complexity index is 1680. The van der Waals surface area contributed by atoms with Gasteiger partial charge in [-0.25, -0.2) is 0 Å². The number of benzene rings is 4. The number of allylic oxidation sites excluding steroid dienone is 3. The molecule has 0 unspecified atom stereocenters. The monoisotopic (exact) mass is 480 g/mol. The van der Waals surface area contributed by atoms with Crippen LogP contribution in [0.1, 0.15) is 13.8 Å². The molecule has 0 radical (unpaired) electrons. The summed E-state index contributed by atoms with van der Waals surface area (Å²) in [5.41, 5.74) is 10.3. The van der Waals surface area contributed by atoms with E-state index in [-0.39, 0.29) is 6.71 Å². The summed E-state index contributed by atoms with van der Waals surface area (Å²) < 4.78 is 1.33. The molecule has 0 saturated carbocycles. The molecule has 36 heavy (non-hydrogen) atoms. The van der Waals surface area contributed by atoms with Crippen LogP contribution in [-0.2, 0) is 0 Å². The second-order valence-corrected chi connectivity index (χ2v) is 10.3. The summed E-state index contributed by atoms with van der Waals surface area (Å²) in [6.07, 6.45) is 6.58. The third-order valence-electron chi connectivity index (χ3n) is 7.33. The van der Waals surface area contributed by atoms with Crippen LogP contribution < -0.4 is 26.2 Å². The van der Waals surface area contributed by atoms with Crippen molar-refractivity contribution in [3.63, 3.8) is 0 Å². The number of rotatable bonds is 3. The van der Waals surface area contributed by atoms with E-state index < -0.39 is 0 Å². The first-order chi connectivity index (χ1) is 17.8. The molecule has 7 rings (SSSR count). The average molecular weight is 480 g/mol. The fourth-order valence-corrected chi connectivity index (χ4v) is 7.21. The van der Waals surface area contributed by atoms with Gasteiger partial charge in [-0.05, 0) is 78.1 Å². The van der Waals surface area contributed by atoms with Crippen LogP contribution in [0.15, 0.2) is 121 Å². The van der Waals surface area contributed by atoms with Gasteiger partial charge >= 0.3 is 0 Å². The number of para-hydroxylation sites is 2. The Balaban J connectivity index is 1.62. The highest BCUT2D eigenvalue weighted by molar-refractivity contribution is 7.26. The molecule has 2 nitrogen and oxygen atoms in total. The van der Waals surface area contributed by atoms with Crippen LogP contribution in [0, 0.1) is 0 Å². The summed E-state index contributed by atoms with van der Waals surface area (Å²) in [4.78, 5) is 4.92. The number of hydrogen-bond acceptors (Lipinski definition) is 3. The smallest absolute Gasteiger partial charge is 0.254 e. The SMILES string of the molecule is C/C=C\C(=C/C)N1c2cccc3c2B(c2ccccc2N3c2ccccc2)c2c1sc1ccccc21. The Hall–Kier alpha value is -4.02. The number of fused-ring (bicyclic) bond motifs is 6. The van der Waals surface area contributed by atoms with Crippen LogP contribution in [0.25, 0.3) is 10.1 Å². The first kappa shape index (κ1) is 21.3. The second-order valence-electron chi connectivity index (χ2n) is 9.24. The van der Waals surface area contributed by atoms with Gasteiger partial charge in [0.1, 0.15) is 0 Å². The lowest BCUT2D eigenvalue weighted by molar-refractivity contribution is 1.21. The Morgan fingerprint density at radius 2 is 1.44 bits per heavy atom. The molecule has 3 heterocycles. The number of anilines is 5. The van der Waals surface area contributed by atoms with E-state index in [0.717, 1.165) is 0 Å². The topological polar surface area (TPSA) is 6.48 Å². The van der Waals surface area contributed by atoms with Crippen molar-refractivity contribution in [3.8, 4) is 0 Å². The molecule has 2 aliphatic heterocycles. The predicted octanol–water partition coefficient (Wildman–Crippen LogP) is 7.13. The van der Waals surface area contributed by atoms with Gasteiger partial charge in [0.05, 0.1) is 5.00 Å². The van der Waals surface area contributed by atoms with Crippen LogP contribution in [0.3, 0.4) is 0 Å². The first-order valence-corrected chi connectivity index (χ1v) is 13.3. The quantitative estimate of drug-likeness (QED) is 0.196. The minimum absolute atomic E-state index is 0.179. The lowest BCUT2D eigenvalue weighted by atomic mass is 9.33. The molecule has 0 atom stereocenters. The third kappa shape index (κ3) is 2.91. The van der Waals surface area contributed by atoms with Gasteiger partial charge in [-0.2, -0.15) is 0 Å². The fourth-order valence-electron chi connectivity index (χ4n) is 5.94. The fraction of sp³-hybridized carbons (Fsp3) is 0.0625. The third-order valence-corrected chi connectivity index (χ3v) is 8.50. The minimum Gasteiger partial charge on any atom is -0.311 e. The standard InChI is InChI=1S/C32H25BN2S/c1-3-13-22(4-2)35-28-20-12-19-27-31(28)33(30-24-16-8-11-21-29(24)36-32(30)35)25-17-9-10-18-26(25)34(27)23-14-6-5-7-15-23/h3-21H,1-2H3/b13-3-,22-4+. The van der Waals surface area contributed by atoms with E-state index in [1.165, 1.54) is 59.9 Å². The van der Waals surface area contributed by atoms with E-state index in [9.17, 15) is 0 Å². The van der Waals surface area contributed by atoms with Crippen molar-refractivity contribution in [2.45, 2.75) is 13.8 Å². The summed E-state index contributed by atoms with van der Waals surface area (Å²) in [5.74, 6) is 0. The Labute approximate surface area is 216 Å². The second kappa shape index (κ2) is 8.29. The van der Waals surface area contributed by atoms with Gasteiger partial charge in [0.2, 0.25) is 0 Å². The molecule has 0 N–H and O–H groups in total. The minimum atomic E-state index is 0.179. The highest BCUT2D eigenvalue weighted by atomic mass is 32.1. The van der Waals surface area contributed by atoms with E-state index in [1.807, 2.05) is 11.3 Å². The zero-order valence-corrected chi connectivity index (χ0v) is 21.2. The van der Waals surface area contributed by atoms with Crippen LogP contribution in [-0.4, -0.2) is 6.71 Å². The Morgan fingerprint density at radius 1 is 0.722 bits per heavy atom. The largest absolute Gasteiger partial charge is 0.311 e. The van der Waals surface area contributed by atoms with Gasteiger partial charge in [-0.15, -0.1) is 11.3 Å². The summed E-state index contributed by atoms with van der Waals surface area (Å²) in [6.45, 7) is 4.41. The van der Waals surface area contributed by atoms with Gasteiger partial charge in [0.15, 0.2) is 0 Å². The van der Waals surface area contributed by atoms with Crippen molar-refractivity contribution >= 4 is 72.3 Å². The van der Waals surface area contributed by atoms with Crippen LogP contribution in [0.5, 0.6) is 0 Å². The van der Waals surface area contributed by atoms with E-state index in [2.05, 4.69) is 139 Å². The highest BCUT2D eigenvalue weighted by Crippen LogP contribution is 2.45. The van der Waals surface area contributed by atoms with Crippen LogP contribution in [0.2, 0.25) is 0 Å². The lowest BCUT2D eigenvalue weighted by Crippen LogP contribution is -2.61. The molecule has 4 heteroatoms. The van der Waals surface area contributed by atoms with Gasteiger partial charge in [0, 0.05) is 33.1 Å². The molecule has 0 spiro atoms. The number of thiophene rings is 1. The normalized spacial score (nSPS) is 14.3. The molecule has 1 aromatic heterocycles. The van der Waals surface area contributed by atoms with Crippen LogP contribution >= 0.6 is 11.3 Å². The Morgan fingerprint density at radius 3 is 2.28 bits per heavy atom. The molecule has 2 aliphatic rings. The van der Waals surface area contributed by atoms with Crippen molar-refractivity contribution in [1.82, 2.24) is 0 Å². The van der Waals surface area contributed by atoms with Crippen molar-refractivity contribution in [1.29, 1.82) is 0 Å². The van der Waals surface area contributed by atoms with Gasteiger partial charge in [0.25, 0.3) is 6.71 Å². The molecule has 0 bridgehead atoms. The summed E-state index contributed by atoms with van der Waals surface area (Å²) in [6, 6.07) is 35.4. The number of nitrogens with zero attached hydrogens (tertiary/aromatic N) is 2. The van der Waals surface area contributed by atoms with Gasteiger partial charge in [-0.3, -0.25) is 0 Å². The molecule has 0 saturated heterocycles. The molecular formula is C32H25BN2S. The number of hydrogen-bond donors (Lipinski definition) is 0.